The van der Waals surface area contributed by atoms with Crippen LogP contribution in [0, 0.1) is 18.3 Å². The van der Waals surface area contributed by atoms with Crippen LogP contribution in [0.25, 0.3) is 0 Å². The fraction of sp³-hybridized carbons (Fsp3) is 0.0714. The van der Waals surface area contributed by atoms with E-state index in [4.69, 9.17) is 5.26 Å². The van der Waals surface area contributed by atoms with Gasteiger partial charge in [-0.2, -0.15) is 5.26 Å². The van der Waals surface area contributed by atoms with Crippen molar-refractivity contribution in [2.45, 2.75) is 16.7 Å². The lowest BCUT2D eigenvalue weighted by Crippen LogP contribution is -2.02. The number of aryl methyl sites for hydroxylation is 1. The lowest BCUT2D eigenvalue weighted by molar-refractivity contribution is 0.596. The number of nitriles is 1. The van der Waals surface area contributed by atoms with E-state index in [0.717, 1.165) is 5.56 Å². The van der Waals surface area contributed by atoms with E-state index in [2.05, 4.69) is 0 Å². The summed E-state index contributed by atoms with van der Waals surface area (Å²) in [6.07, 6.45) is 0. The molecule has 0 heterocycles. The average Bonchev–Trinajstić information content (AvgIpc) is 2.39. The van der Waals surface area contributed by atoms with Crippen molar-refractivity contribution in [2.75, 3.05) is 0 Å². The van der Waals surface area contributed by atoms with E-state index in [0.29, 0.717) is 5.56 Å². The molecular formula is C14H11NO2S. The minimum atomic E-state index is -3.50. The third-order valence-electron chi connectivity index (χ3n) is 2.59. The molecule has 0 unspecified atom stereocenters. The van der Waals surface area contributed by atoms with Crippen molar-refractivity contribution in [3.05, 3.63) is 59.7 Å². The molecule has 0 bridgehead atoms. The maximum absolute atomic E-state index is 12.3. The normalized spacial score (nSPS) is 10.9. The van der Waals surface area contributed by atoms with Gasteiger partial charge in [0.15, 0.2) is 0 Å². The van der Waals surface area contributed by atoms with E-state index >= 15 is 0 Å². The molecule has 3 nitrogen and oxygen atoms in total. The standard InChI is InChI=1S/C14H11NO2S/c1-11-3-2-4-14(9-11)18(16,17)13-7-5-12(10-15)6-8-13/h2-9H,1H3. The lowest BCUT2D eigenvalue weighted by Gasteiger charge is -2.05. The number of nitrogens with zero attached hydrogens (tertiary/aromatic N) is 1. The molecule has 2 rings (SSSR count). The number of hydrogen-bond donors (Lipinski definition) is 0. The number of benzene rings is 2. The molecule has 0 saturated carbocycles. The number of sulfone groups is 1. The van der Waals surface area contributed by atoms with Gasteiger partial charge < -0.3 is 0 Å². The largest absolute Gasteiger partial charge is 0.219 e. The van der Waals surface area contributed by atoms with Crippen LogP contribution in [-0.2, 0) is 9.84 Å². The first-order valence-electron chi connectivity index (χ1n) is 5.36. The average molecular weight is 257 g/mol. The highest BCUT2D eigenvalue weighted by Crippen LogP contribution is 2.21. The van der Waals surface area contributed by atoms with Crippen LogP contribution >= 0.6 is 0 Å². The molecule has 0 amide bonds. The molecule has 0 aromatic heterocycles. The Morgan fingerprint density at radius 2 is 1.67 bits per heavy atom. The Morgan fingerprint density at radius 1 is 1.00 bits per heavy atom. The van der Waals surface area contributed by atoms with E-state index in [1.165, 1.54) is 24.3 Å². The van der Waals surface area contributed by atoms with Gasteiger partial charge in [0.25, 0.3) is 0 Å². The topological polar surface area (TPSA) is 57.9 Å². The Bertz CT molecular complexity index is 710. The van der Waals surface area contributed by atoms with Gasteiger partial charge in [0, 0.05) is 0 Å². The minimum absolute atomic E-state index is 0.201. The second-order valence-corrected chi connectivity index (χ2v) is 5.91. The van der Waals surface area contributed by atoms with Crippen LogP contribution in [-0.4, -0.2) is 8.42 Å². The van der Waals surface area contributed by atoms with Gasteiger partial charge in [0.05, 0.1) is 21.4 Å². The predicted octanol–water partition coefficient (Wildman–Crippen LogP) is 2.70. The number of hydrogen-bond acceptors (Lipinski definition) is 3. The van der Waals surface area contributed by atoms with Crippen LogP contribution in [0.1, 0.15) is 11.1 Å². The molecule has 2 aromatic carbocycles. The zero-order chi connectivity index (χ0) is 13.2. The van der Waals surface area contributed by atoms with Gasteiger partial charge in [0.2, 0.25) is 9.84 Å². The maximum atomic E-state index is 12.3. The fourth-order valence-electron chi connectivity index (χ4n) is 1.63. The van der Waals surface area contributed by atoms with Gasteiger partial charge in [-0.25, -0.2) is 8.42 Å². The highest BCUT2D eigenvalue weighted by Gasteiger charge is 2.17. The van der Waals surface area contributed by atoms with Gasteiger partial charge >= 0.3 is 0 Å². The smallest absolute Gasteiger partial charge is 0.206 e. The van der Waals surface area contributed by atoms with Gasteiger partial charge in [-0.3, -0.25) is 0 Å². The summed E-state index contributed by atoms with van der Waals surface area (Å²) in [7, 11) is -3.50. The van der Waals surface area contributed by atoms with Crippen LogP contribution in [0.3, 0.4) is 0 Å². The molecule has 90 valence electrons. The van der Waals surface area contributed by atoms with Crippen molar-refractivity contribution in [1.29, 1.82) is 5.26 Å². The van der Waals surface area contributed by atoms with Crippen LogP contribution in [0.2, 0.25) is 0 Å². The summed E-state index contributed by atoms with van der Waals surface area (Å²) >= 11 is 0. The van der Waals surface area contributed by atoms with Gasteiger partial charge in [-0.15, -0.1) is 0 Å². The van der Waals surface area contributed by atoms with E-state index in [-0.39, 0.29) is 9.79 Å². The highest BCUT2D eigenvalue weighted by atomic mass is 32.2. The summed E-state index contributed by atoms with van der Waals surface area (Å²) < 4.78 is 24.6. The van der Waals surface area contributed by atoms with Crippen molar-refractivity contribution in [1.82, 2.24) is 0 Å². The summed E-state index contributed by atoms with van der Waals surface area (Å²) in [5.41, 5.74) is 1.34. The van der Waals surface area contributed by atoms with Gasteiger partial charge in [-0.05, 0) is 48.9 Å². The molecule has 0 saturated heterocycles. The molecule has 4 heteroatoms. The molecule has 0 fully saturated rings. The summed E-state index contributed by atoms with van der Waals surface area (Å²) in [4.78, 5) is 0.472. The van der Waals surface area contributed by atoms with E-state index < -0.39 is 9.84 Å². The van der Waals surface area contributed by atoms with Crippen molar-refractivity contribution < 1.29 is 8.42 Å². The van der Waals surface area contributed by atoms with Gasteiger partial charge in [0.1, 0.15) is 0 Å². The predicted molar refractivity (Wildman–Crippen MR) is 67.8 cm³/mol. The Balaban J connectivity index is 2.51. The molecular weight excluding hydrogens is 246 g/mol. The van der Waals surface area contributed by atoms with Gasteiger partial charge in [-0.1, -0.05) is 12.1 Å². The fourth-order valence-corrected chi connectivity index (χ4v) is 2.99. The van der Waals surface area contributed by atoms with E-state index in [9.17, 15) is 8.42 Å². The monoisotopic (exact) mass is 257 g/mol. The Hall–Kier alpha value is -2.12. The Morgan fingerprint density at radius 3 is 2.22 bits per heavy atom. The summed E-state index contributed by atoms with van der Waals surface area (Å²) in [6, 6.07) is 14.6. The van der Waals surface area contributed by atoms with Crippen molar-refractivity contribution in [3.63, 3.8) is 0 Å². The molecule has 0 aliphatic heterocycles. The zero-order valence-corrected chi connectivity index (χ0v) is 10.6. The molecule has 0 aliphatic rings. The second kappa shape index (κ2) is 4.63. The summed E-state index contributed by atoms with van der Waals surface area (Å²) in [5, 5.41) is 8.69. The first-order valence-corrected chi connectivity index (χ1v) is 6.84. The highest BCUT2D eigenvalue weighted by molar-refractivity contribution is 7.91. The maximum Gasteiger partial charge on any atom is 0.206 e. The molecule has 18 heavy (non-hydrogen) atoms. The second-order valence-electron chi connectivity index (χ2n) is 3.96. The Labute approximate surface area is 106 Å². The molecule has 0 spiro atoms. The summed E-state index contributed by atoms with van der Waals surface area (Å²) in [5.74, 6) is 0. The molecule has 0 radical (unpaired) electrons. The van der Waals surface area contributed by atoms with Crippen LogP contribution < -0.4 is 0 Å². The first kappa shape index (κ1) is 12.3. The number of rotatable bonds is 2. The SMILES string of the molecule is Cc1cccc(S(=O)(=O)c2ccc(C#N)cc2)c1. The summed E-state index contributed by atoms with van der Waals surface area (Å²) in [6.45, 7) is 1.85. The lowest BCUT2D eigenvalue weighted by atomic mass is 10.2. The van der Waals surface area contributed by atoms with Crippen LogP contribution in [0.4, 0.5) is 0 Å². The van der Waals surface area contributed by atoms with E-state index in [1.807, 2.05) is 19.1 Å². The van der Waals surface area contributed by atoms with Crippen LogP contribution in [0.5, 0.6) is 0 Å². The quantitative estimate of drug-likeness (QED) is 0.831. The Kier molecular flexibility index (Phi) is 3.17. The zero-order valence-electron chi connectivity index (χ0n) is 9.79. The van der Waals surface area contributed by atoms with Crippen LogP contribution in [0.15, 0.2) is 58.3 Å². The molecule has 0 aliphatic carbocycles. The van der Waals surface area contributed by atoms with Crippen molar-refractivity contribution in [3.8, 4) is 6.07 Å². The van der Waals surface area contributed by atoms with Crippen molar-refractivity contribution in [2.24, 2.45) is 0 Å². The first-order chi connectivity index (χ1) is 8.54. The van der Waals surface area contributed by atoms with Crippen molar-refractivity contribution >= 4 is 9.84 Å². The third-order valence-corrected chi connectivity index (χ3v) is 4.36. The molecule has 0 N–H and O–H groups in total. The minimum Gasteiger partial charge on any atom is -0.219 e. The molecule has 2 aromatic rings. The molecule has 0 atom stereocenters. The van der Waals surface area contributed by atoms with E-state index in [1.54, 1.807) is 18.2 Å². The third kappa shape index (κ3) is 2.27.